The highest BCUT2D eigenvalue weighted by Gasteiger charge is 2.18. The zero-order chi connectivity index (χ0) is 12.8. The van der Waals surface area contributed by atoms with Gasteiger partial charge >= 0.3 is 0 Å². The van der Waals surface area contributed by atoms with E-state index in [9.17, 15) is 4.79 Å². The molecule has 6 nitrogen and oxygen atoms in total. The quantitative estimate of drug-likeness (QED) is 0.270. The van der Waals surface area contributed by atoms with E-state index in [0.717, 1.165) is 0 Å². The van der Waals surface area contributed by atoms with Gasteiger partial charge in [0.15, 0.2) is 0 Å². The second kappa shape index (κ2) is 6.76. The Labute approximate surface area is 116 Å². The van der Waals surface area contributed by atoms with Crippen molar-refractivity contribution >= 4 is 45.0 Å². The first-order valence-corrected chi connectivity index (χ1v) is 6.22. The number of carbonyl (C=O) groups excluding carboxylic acids is 1. The van der Waals surface area contributed by atoms with Gasteiger partial charge in [-0.1, -0.05) is 44.2 Å². The number of rotatable bonds is 4. The first-order valence-electron chi connectivity index (χ1n) is 4.49. The van der Waals surface area contributed by atoms with Crippen molar-refractivity contribution in [1.82, 2.24) is 10.6 Å². The van der Waals surface area contributed by atoms with Crippen LogP contribution < -0.4 is 10.6 Å². The first kappa shape index (κ1) is 14.2. The van der Waals surface area contributed by atoms with Gasteiger partial charge in [0.25, 0.3) is 0 Å². The Balaban J connectivity index is 2.60. The molecular weight excluding hydrogens is 333 g/mol. The van der Waals surface area contributed by atoms with Crippen LogP contribution in [0.2, 0.25) is 0 Å². The van der Waals surface area contributed by atoms with Crippen LogP contribution in [0.25, 0.3) is 10.4 Å². The summed E-state index contributed by atoms with van der Waals surface area (Å²) >= 11 is 14.7. The summed E-state index contributed by atoms with van der Waals surface area (Å²) in [4.78, 5) is 13.6. The molecule has 1 amide bonds. The molecule has 2 atom stereocenters. The molecule has 0 aromatic rings. The van der Waals surface area contributed by atoms with Crippen LogP contribution in [0.5, 0.6) is 0 Å². The number of nitrogens with one attached hydrogen (secondary N) is 2. The number of amides is 1. The van der Waals surface area contributed by atoms with Crippen LogP contribution in [0.4, 0.5) is 0 Å². The fraction of sp³-hybridized carbons (Fsp3) is 0.375. The molecule has 0 spiro atoms. The predicted molar refractivity (Wildman–Crippen MR) is 69.7 cm³/mol. The van der Waals surface area contributed by atoms with Crippen LogP contribution in [0.1, 0.15) is 0 Å². The number of hydrogen-bond donors (Lipinski definition) is 2. The molecule has 9 heteroatoms. The van der Waals surface area contributed by atoms with Gasteiger partial charge in [-0.3, -0.25) is 4.79 Å². The highest BCUT2D eigenvalue weighted by Crippen LogP contribution is 2.15. The van der Waals surface area contributed by atoms with Crippen molar-refractivity contribution in [2.45, 2.75) is 10.3 Å². The molecule has 0 aliphatic carbocycles. The normalized spacial score (nSPS) is 20.3. The van der Waals surface area contributed by atoms with E-state index in [0.29, 0.717) is 5.70 Å². The predicted octanol–water partition coefficient (Wildman–Crippen LogP) is 2.31. The Morgan fingerprint density at radius 2 is 2.53 bits per heavy atom. The van der Waals surface area contributed by atoms with Gasteiger partial charge < -0.3 is 10.6 Å². The highest BCUT2D eigenvalue weighted by molar-refractivity contribution is 9.10. The summed E-state index contributed by atoms with van der Waals surface area (Å²) in [6.45, 7) is 0.0164. The summed E-state index contributed by atoms with van der Waals surface area (Å²) in [5.41, 5.74) is 8.15. The maximum Gasteiger partial charge on any atom is 0.238 e. The molecule has 0 aromatic carbocycles. The topological polar surface area (TPSA) is 89.9 Å². The highest BCUT2D eigenvalue weighted by atomic mass is 79.9. The molecule has 0 saturated carbocycles. The lowest BCUT2D eigenvalue weighted by atomic mass is 10.3. The number of halogens is 3. The summed E-state index contributed by atoms with van der Waals surface area (Å²) in [5, 5.41) is 8.84. The molecule has 1 rings (SSSR count). The number of alkyl halides is 2. The summed E-state index contributed by atoms with van der Waals surface area (Å²) in [6.07, 6.45) is 3.24. The molecule has 0 aromatic heterocycles. The maximum absolute atomic E-state index is 11.6. The Kier molecular flexibility index (Phi) is 5.64. The van der Waals surface area contributed by atoms with E-state index >= 15 is 0 Å². The SMILES string of the molecule is [N-]=[N+]=NCC(Br)C(=O)NC1=C(Cl)NC(Cl)C=C1. The van der Waals surface area contributed by atoms with Crippen molar-refractivity contribution in [2.24, 2.45) is 5.11 Å². The number of carbonyl (C=O) groups is 1. The average Bonchev–Trinajstić information content (AvgIpc) is 2.29. The molecule has 1 aliphatic heterocycles. The number of dihydropyridines is 1. The molecule has 0 fully saturated rings. The van der Waals surface area contributed by atoms with Crippen molar-refractivity contribution in [1.29, 1.82) is 0 Å². The number of allylic oxidation sites excluding steroid dienone is 1. The number of azide groups is 1. The van der Waals surface area contributed by atoms with Crippen molar-refractivity contribution in [2.75, 3.05) is 6.54 Å². The van der Waals surface area contributed by atoms with Gasteiger partial charge in [-0.05, 0) is 17.7 Å². The molecule has 2 unspecified atom stereocenters. The summed E-state index contributed by atoms with van der Waals surface area (Å²) in [6, 6.07) is 0. The third-order valence-corrected chi connectivity index (χ3v) is 3.05. The van der Waals surface area contributed by atoms with Crippen LogP contribution in [0, 0.1) is 0 Å². The summed E-state index contributed by atoms with van der Waals surface area (Å²) in [7, 11) is 0. The lowest BCUT2D eigenvalue weighted by Gasteiger charge is -2.18. The second-order valence-corrected chi connectivity index (χ2v) is 4.96. The minimum Gasteiger partial charge on any atom is -0.355 e. The molecule has 0 saturated heterocycles. The number of hydrogen-bond acceptors (Lipinski definition) is 3. The average molecular weight is 341 g/mol. The third kappa shape index (κ3) is 4.47. The zero-order valence-corrected chi connectivity index (χ0v) is 11.5. The van der Waals surface area contributed by atoms with Gasteiger partial charge in [0.1, 0.15) is 10.7 Å². The Morgan fingerprint density at radius 3 is 3.12 bits per heavy atom. The zero-order valence-electron chi connectivity index (χ0n) is 8.40. The van der Waals surface area contributed by atoms with Gasteiger partial charge in [0.05, 0.1) is 10.5 Å². The van der Waals surface area contributed by atoms with E-state index in [4.69, 9.17) is 28.7 Å². The van der Waals surface area contributed by atoms with Crippen LogP contribution in [-0.2, 0) is 4.79 Å². The van der Waals surface area contributed by atoms with Crippen LogP contribution >= 0.6 is 39.1 Å². The van der Waals surface area contributed by atoms with E-state index < -0.39 is 10.3 Å². The van der Waals surface area contributed by atoms with Gasteiger partial charge in [0, 0.05) is 11.5 Å². The smallest absolute Gasteiger partial charge is 0.238 e. The van der Waals surface area contributed by atoms with E-state index in [1.165, 1.54) is 0 Å². The van der Waals surface area contributed by atoms with E-state index in [-0.39, 0.29) is 17.6 Å². The Bertz CT molecular complexity index is 418. The molecule has 0 radical (unpaired) electrons. The van der Waals surface area contributed by atoms with Crippen molar-refractivity contribution < 1.29 is 4.79 Å². The second-order valence-electron chi connectivity index (χ2n) is 3.00. The lowest BCUT2D eigenvalue weighted by Crippen LogP contribution is -2.35. The minimum atomic E-state index is -0.613. The first-order chi connectivity index (χ1) is 8.04. The fourth-order valence-corrected chi connectivity index (χ4v) is 1.71. The van der Waals surface area contributed by atoms with Crippen molar-refractivity contribution in [3.63, 3.8) is 0 Å². The van der Waals surface area contributed by atoms with Crippen molar-refractivity contribution in [3.8, 4) is 0 Å². The summed E-state index contributed by atoms with van der Waals surface area (Å²) in [5.74, 6) is -0.356. The molecule has 0 bridgehead atoms. The van der Waals surface area contributed by atoms with Gasteiger partial charge in [-0.25, -0.2) is 0 Å². The van der Waals surface area contributed by atoms with Crippen molar-refractivity contribution in [3.05, 3.63) is 33.4 Å². The molecule has 1 heterocycles. The lowest BCUT2D eigenvalue weighted by molar-refractivity contribution is -0.119. The molecule has 17 heavy (non-hydrogen) atoms. The monoisotopic (exact) mass is 339 g/mol. The van der Waals surface area contributed by atoms with E-state index in [2.05, 4.69) is 36.6 Å². The van der Waals surface area contributed by atoms with Gasteiger partial charge in [-0.2, -0.15) is 0 Å². The van der Waals surface area contributed by atoms with Crippen LogP contribution in [0.15, 0.2) is 28.1 Å². The Hall–Kier alpha value is -0.880. The molecule has 2 N–H and O–H groups in total. The standard InChI is InChI=1S/C8H8BrCl2N5O/c9-4(3-13-16-12)8(17)14-5-1-2-6(10)15-7(5)11/h1-2,4,6,15H,3H2,(H,14,17). The van der Waals surface area contributed by atoms with E-state index in [1.54, 1.807) is 12.2 Å². The minimum absolute atomic E-state index is 0.0164. The summed E-state index contributed by atoms with van der Waals surface area (Å²) < 4.78 is 0. The third-order valence-electron chi connectivity index (χ3n) is 1.78. The molecule has 92 valence electrons. The maximum atomic E-state index is 11.6. The van der Waals surface area contributed by atoms with E-state index in [1.807, 2.05) is 0 Å². The number of nitrogens with zero attached hydrogens (tertiary/aromatic N) is 3. The van der Waals surface area contributed by atoms with Crippen LogP contribution in [0.3, 0.4) is 0 Å². The Morgan fingerprint density at radius 1 is 1.82 bits per heavy atom. The van der Waals surface area contributed by atoms with Crippen LogP contribution in [-0.4, -0.2) is 22.8 Å². The molecule has 1 aliphatic rings. The fourth-order valence-electron chi connectivity index (χ4n) is 0.999. The van der Waals surface area contributed by atoms with Gasteiger partial charge in [-0.15, -0.1) is 0 Å². The van der Waals surface area contributed by atoms with Gasteiger partial charge in [0.2, 0.25) is 5.91 Å². The molecular formula is C8H8BrCl2N5O. The largest absolute Gasteiger partial charge is 0.355 e.